The third kappa shape index (κ3) is 4.68. The van der Waals surface area contributed by atoms with Gasteiger partial charge in [-0.2, -0.15) is 0 Å². The number of rotatable bonds is 6. The van der Waals surface area contributed by atoms with E-state index in [4.69, 9.17) is 4.74 Å². The molecule has 0 spiro atoms. The van der Waals surface area contributed by atoms with Gasteiger partial charge in [0.05, 0.1) is 20.6 Å². The van der Waals surface area contributed by atoms with Gasteiger partial charge in [-0.05, 0) is 17.7 Å². The Labute approximate surface area is 101 Å². The molecule has 1 aromatic carbocycles. The lowest BCUT2D eigenvalue weighted by Gasteiger charge is -2.03. The van der Waals surface area contributed by atoms with Gasteiger partial charge in [-0.3, -0.25) is 9.59 Å². The van der Waals surface area contributed by atoms with Crippen LogP contribution in [0.1, 0.15) is 18.4 Å². The molecule has 0 saturated carbocycles. The van der Waals surface area contributed by atoms with Crippen LogP contribution < -0.4 is 4.74 Å². The van der Waals surface area contributed by atoms with Gasteiger partial charge < -0.3 is 9.47 Å². The lowest BCUT2D eigenvalue weighted by atomic mass is 10.1. The number of carbonyl (C=O) groups is 2. The maximum absolute atomic E-state index is 11.6. The van der Waals surface area contributed by atoms with Crippen LogP contribution in [0.5, 0.6) is 5.75 Å². The summed E-state index contributed by atoms with van der Waals surface area (Å²) in [5.74, 6) is 0.385. The minimum absolute atomic E-state index is 0.0173. The highest BCUT2D eigenvalue weighted by molar-refractivity contribution is 5.84. The van der Waals surface area contributed by atoms with Crippen molar-refractivity contribution in [2.45, 2.75) is 19.3 Å². The SMILES string of the molecule is COC(=O)CCC(=O)Cc1cccc(OC)c1. The summed E-state index contributed by atoms with van der Waals surface area (Å²) in [6.07, 6.45) is 0.664. The molecule has 0 bridgehead atoms. The van der Waals surface area contributed by atoms with Gasteiger partial charge >= 0.3 is 5.97 Å². The van der Waals surface area contributed by atoms with Crippen LogP contribution in [-0.2, 0) is 20.7 Å². The van der Waals surface area contributed by atoms with Gasteiger partial charge in [0.2, 0.25) is 0 Å². The number of methoxy groups -OCH3 is 2. The third-order valence-electron chi connectivity index (χ3n) is 2.37. The van der Waals surface area contributed by atoms with Crippen molar-refractivity contribution >= 4 is 11.8 Å². The van der Waals surface area contributed by atoms with Crippen LogP contribution >= 0.6 is 0 Å². The van der Waals surface area contributed by atoms with E-state index in [0.717, 1.165) is 11.3 Å². The smallest absolute Gasteiger partial charge is 0.305 e. The molecule has 1 aromatic rings. The van der Waals surface area contributed by atoms with E-state index >= 15 is 0 Å². The topological polar surface area (TPSA) is 52.6 Å². The molecule has 0 aliphatic carbocycles. The molecule has 0 atom stereocenters. The van der Waals surface area contributed by atoms with Crippen molar-refractivity contribution in [3.8, 4) is 5.75 Å². The number of carbonyl (C=O) groups excluding carboxylic acids is 2. The van der Waals surface area contributed by atoms with E-state index in [9.17, 15) is 9.59 Å². The summed E-state index contributed by atoms with van der Waals surface area (Å²) in [7, 11) is 2.90. The van der Waals surface area contributed by atoms with Gasteiger partial charge in [0.25, 0.3) is 0 Å². The Balaban J connectivity index is 2.47. The summed E-state index contributed by atoms with van der Waals surface area (Å²) in [4.78, 5) is 22.5. The molecule has 92 valence electrons. The van der Waals surface area contributed by atoms with E-state index in [1.165, 1.54) is 7.11 Å². The second kappa shape index (κ2) is 6.68. The minimum Gasteiger partial charge on any atom is -0.497 e. The highest BCUT2D eigenvalue weighted by Crippen LogP contribution is 2.13. The highest BCUT2D eigenvalue weighted by Gasteiger charge is 2.08. The zero-order valence-electron chi connectivity index (χ0n) is 10.1. The first kappa shape index (κ1) is 13.2. The normalized spacial score (nSPS) is 9.76. The van der Waals surface area contributed by atoms with Gasteiger partial charge in [0.15, 0.2) is 0 Å². The van der Waals surface area contributed by atoms with Gasteiger partial charge in [-0.1, -0.05) is 12.1 Å². The summed E-state index contributed by atoms with van der Waals surface area (Å²) >= 11 is 0. The highest BCUT2D eigenvalue weighted by atomic mass is 16.5. The molecule has 0 radical (unpaired) electrons. The summed E-state index contributed by atoms with van der Waals surface area (Å²) in [5, 5.41) is 0. The molecular weight excluding hydrogens is 220 g/mol. The van der Waals surface area contributed by atoms with Crippen molar-refractivity contribution in [1.29, 1.82) is 0 Å². The standard InChI is InChI=1S/C13H16O4/c1-16-12-5-3-4-10(9-12)8-11(14)6-7-13(15)17-2/h3-5,9H,6-8H2,1-2H3. The Morgan fingerprint density at radius 3 is 2.59 bits per heavy atom. The maximum atomic E-state index is 11.6. The second-order valence-electron chi connectivity index (χ2n) is 3.64. The van der Waals surface area contributed by atoms with E-state index in [-0.39, 0.29) is 24.6 Å². The Morgan fingerprint density at radius 1 is 1.18 bits per heavy atom. The Kier molecular flexibility index (Phi) is 5.20. The van der Waals surface area contributed by atoms with Crippen LogP contribution in [0.15, 0.2) is 24.3 Å². The minimum atomic E-state index is -0.357. The third-order valence-corrected chi connectivity index (χ3v) is 2.37. The molecule has 0 heterocycles. The van der Waals surface area contributed by atoms with Gasteiger partial charge in [0, 0.05) is 12.8 Å². The monoisotopic (exact) mass is 236 g/mol. The van der Waals surface area contributed by atoms with Crippen LogP contribution in [0.4, 0.5) is 0 Å². The van der Waals surface area contributed by atoms with E-state index in [2.05, 4.69) is 4.74 Å². The van der Waals surface area contributed by atoms with E-state index < -0.39 is 0 Å². The molecule has 0 aliphatic rings. The Bertz CT molecular complexity index is 398. The maximum Gasteiger partial charge on any atom is 0.305 e. The zero-order valence-corrected chi connectivity index (χ0v) is 10.1. The molecule has 0 N–H and O–H groups in total. The number of ether oxygens (including phenoxy) is 2. The first-order valence-electron chi connectivity index (χ1n) is 5.37. The molecule has 0 aliphatic heterocycles. The molecule has 0 saturated heterocycles. The lowest BCUT2D eigenvalue weighted by molar-refractivity contribution is -0.141. The first-order valence-corrected chi connectivity index (χ1v) is 5.37. The predicted octanol–water partition coefficient (Wildman–Crippen LogP) is 1.76. The van der Waals surface area contributed by atoms with E-state index in [1.807, 2.05) is 24.3 Å². The number of esters is 1. The van der Waals surface area contributed by atoms with Gasteiger partial charge in [-0.15, -0.1) is 0 Å². The van der Waals surface area contributed by atoms with Crippen LogP contribution in [0, 0.1) is 0 Å². The lowest BCUT2D eigenvalue weighted by Crippen LogP contribution is -2.07. The van der Waals surface area contributed by atoms with E-state index in [0.29, 0.717) is 6.42 Å². The van der Waals surface area contributed by atoms with Crippen molar-refractivity contribution in [3.63, 3.8) is 0 Å². The molecule has 0 unspecified atom stereocenters. The van der Waals surface area contributed by atoms with Crippen LogP contribution in [0.2, 0.25) is 0 Å². The molecule has 4 heteroatoms. The number of hydrogen-bond donors (Lipinski definition) is 0. The molecule has 4 nitrogen and oxygen atoms in total. The summed E-state index contributed by atoms with van der Waals surface area (Å²) in [5.41, 5.74) is 0.888. The average molecular weight is 236 g/mol. The van der Waals surface area contributed by atoms with Crippen LogP contribution in [-0.4, -0.2) is 26.0 Å². The van der Waals surface area contributed by atoms with E-state index in [1.54, 1.807) is 7.11 Å². The number of ketones is 1. The van der Waals surface area contributed by atoms with Crippen LogP contribution in [0.25, 0.3) is 0 Å². The fourth-order valence-electron chi connectivity index (χ4n) is 1.44. The first-order chi connectivity index (χ1) is 8.15. The van der Waals surface area contributed by atoms with Crippen molar-refractivity contribution in [1.82, 2.24) is 0 Å². The van der Waals surface area contributed by atoms with Gasteiger partial charge in [-0.25, -0.2) is 0 Å². The summed E-state index contributed by atoms with van der Waals surface area (Å²) in [6, 6.07) is 7.33. The molecular formula is C13H16O4. The van der Waals surface area contributed by atoms with Crippen molar-refractivity contribution in [2.75, 3.05) is 14.2 Å². The molecule has 0 aromatic heterocycles. The quantitative estimate of drug-likeness (QED) is 0.706. The number of Topliss-reactive ketones (excluding diaryl/α,β-unsaturated/α-hetero) is 1. The number of hydrogen-bond acceptors (Lipinski definition) is 4. The Morgan fingerprint density at radius 2 is 1.94 bits per heavy atom. The van der Waals surface area contributed by atoms with Crippen molar-refractivity contribution < 1.29 is 19.1 Å². The summed E-state index contributed by atoms with van der Waals surface area (Å²) in [6.45, 7) is 0. The fraction of sp³-hybridized carbons (Fsp3) is 0.385. The zero-order chi connectivity index (χ0) is 12.7. The summed E-state index contributed by atoms with van der Waals surface area (Å²) < 4.78 is 9.54. The van der Waals surface area contributed by atoms with Crippen LogP contribution in [0.3, 0.4) is 0 Å². The van der Waals surface area contributed by atoms with Crippen molar-refractivity contribution in [3.05, 3.63) is 29.8 Å². The fourth-order valence-corrected chi connectivity index (χ4v) is 1.44. The Hall–Kier alpha value is -1.84. The predicted molar refractivity (Wildman–Crippen MR) is 63.0 cm³/mol. The number of benzene rings is 1. The molecule has 1 rings (SSSR count). The largest absolute Gasteiger partial charge is 0.497 e. The second-order valence-corrected chi connectivity index (χ2v) is 3.64. The van der Waals surface area contributed by atoms with Crippen molar-refractivity contribution in [2.24, 2.45) is 0 Å². The molecule has 17 heavy (non-hydrogen) atoms. The van der Waals surface area contributed by atoms with Gasteiger partial charge in [0.1, 0.15) is 11.5 Å². The average Bonchev–Trinajstić information content (AvgIpc) is 2.36. The molecule has 0 fully saturated rings. The molecule has 0 amide bonds.